The maximum Gasteiger partial charge on any atom is 0.237 e. The molecule has 1 unspecified atom stereocenters. The Hall–Kier alpha value is -0.690. The highest BCUT2D eigenvalue weighted by Crippen LogP contribution is 2.14. The van der Waals surface area contributed by atoms with E-state index in [-0.39, 0.29) is 24.5 Å². The second-order valence-corrected chi connectivity index (χ2v) is 4.50. The minimum Gasteiger partial charge on any atom is -0.394 e. The van der Waals surface area contributed by atoms with Crippen molar-refractivity contribution in [3.63, 3.8) is 0 Å². The zero-order valence-electron chi connectivity index (χ0n) is 10.4. The normalized spacial score (nSPS) is 20.2. The summed E-state index contributed by atoms with van der Waals surface area (Å²) in [6.45, 7) is 4.95. The quantitative estimate of drug-likeness (QED) is 0.320. The van der Waals surface area contributed by atoms with Crippen molar-refractivity contribution in [2.45, 2.75) is 25.9 Å². The molecule has 0 radical (unpaired) electrons. The van der Waals surface area contributed by atoms with Gasteiger partial charge < -0.3 is 14.7 Å². The van der Waals surface area contributed by atoms with Crippen LogP contribution in [0, 0.1) is 5.92 Å². The minimum absolute atomic E-state index is 0.0773. The molecule has 1 atom stereocenters. The van der Waals surface area contributed by atoms with Crippen molar-refractivity contribution in [3.8, 4) is 0 Å². The fourth-order valence-electron chi connectivity index (χ4n) is 2.09. The zero-order valence-corrected chi connectivity index (χ0v) is 10.4. The van der Waals surface area contributed by atoms with Crippen LogP contribution in [0.4, 0.5) is 0 Å². The van der Waals surface area contributed by atoms with Crippen molar-refractivity contribution in [2.24, 2.45) is 11.8 Å². The molecule has 0 spiro atoms. The number of rotatable bonds is 6. The van der Waals surface area contributed by atoms with E-state index in [9.17, 15) is 4.79 Å². The Labute approximate surface area is 102 Å². The number of nitrogens with zero attached hydrogens (tertiary/aromatic N) is 1. The molecule has 1 amide bonds. The lowest BCUT2D eigenvalue weighted by Crippen LogP contribution is -2.44. The fourth-order valence-corrected chi connectivity index (χ4v) is 2.09. The van der Waals surface area contributed by atoms with Gasteiger partial charge in [-0.3, -0.25) is 10.2 Å². The minimum atomic E-state index is -0.122. The van der Waals surface area contributed by atoms with E-state index in [2.05, 4.69) is 10.3 Å². The predicted molar refractivity (Wildman–Crippen MR) is 64.0 cm³/mol. The van der Waals surface area contributed by atoms with Crippen molar-refractivity contribution in [1.82, 2.24) is 10.3 Å². The number of likely N-dealkylation sites (tertiary alicyclic amines) is 1. The van der Waals surface area contributed by atoms with Gasteiger partial charge in [0.2, 0.25) is 5.91 Å². The molecule has 0 saturated carbocycles. The first kappa shape index (κ1) is 14.4. The number of nitrogens with one attached hydrogen (secondary N) is 1. The molecule has 1 aliphatic heterocycles. The maximum absolute atomic E-state index is 11.3. The topological polar surface area (TPSA) is 87.8 Å². The van der Waals surface area contributed by atoms with Crippen LogP contribution >= 0.6 is 0 Å². The molecule has 1 fully saturated rings. The number of aliphatic hydroxyl groups is 1. The number of hydrogen-bond acceptors (Lipinski definition) is 5. The fraction of sp³-hybridized carbons (Fsp3) is 0.909. The Morgan fingerprint density at radius 1 is 1.59 bits per heavy atom. The third-order valence-corrected chi connectivity index (χ3v) is 3.10. The summed E-state index contributed by atoms with van der Waals surface area (Å²) in [5, 5.41) is 8.66. The zero-order chi connectivity index (χ0) is 12.7. The standard InChI is InChI=1S/C11H23N3O3/c1-9(11(16)13-12)8-14-4-2-10(3-5-14)17-7-6-15/h9-10,15H,2-8,12H2,1H3,(H,13,16). The SMILES string of the molecule is CC(CN1CCC(OCCO)CC1)C(=O)NN. The molecule has 4 N–H and O–H groups in total. The number of carbonyl (C=O) groups excluding carboxylic acids is 1. The highest BCUT2D eigenvalue weighted by molar-refractivity contribution is 5.77. The molecule has 1 aliphatic rings. The summed E-state index contributed by atoms with van der Waals surface area (Å²) < 4.78 is 5.48. The largest absolute Gasteiger partial charge is 0.394 e. The molecule has 6 heteroatoms. The second kappa shape index (κ2) is 7.60. The Morgan fingerprint density at radius 2 is 2.24 bits per heavy atom. The summed E-state index contributed by atoms with van der Waals surface area (Å²) in [7, 11) is 0. The summed E-state index contributed by atoms with van der Waals surface area (Å²) in [4.78, 5) is 13.5. The van der Waals surface area contributed by atoms with Gasteiger partial charge in [-0.15, -0.1) is 0 Å². The molecule has 0 aliphatic carbocycles. The summed E-state index contributed by atoms with van der Waals surface area (Å²) in [6, 6.07) is 0. The molecule has 0 aromatic heterocycles. The lowest BCUT2D eigenvalue weighted by molar-refractivity contribution is -0.125. The molecule has 6 nitrogen and oxygen atoms in total. The molecule has 0 aromatic rings. The number of ether oxygens (including phenoxy) is 1. The van der Waals surface area contributed by atoms with E-state index in [0.29, 0.717) is 6.61 Å². The summed E-state index contributed by atoms with van der Waals surface area (Å²) in [5.41, 5.74) is 2.17. The van der Waals surface area contributed by atoms with E-state index in [1.54, 1.807) is 0 Å². The Balaban J connectivity index is 2.20. The van der Waals surface area contributed by atoms with Crippen molar-refractivity contribution < 1.29 is 14.6 Å². The van der Waals surface area contributed by atoms with Crippen LogP contribution in [-0.4, -0.2) is 54.9 Å². The first-order chi connectivity index (χ1) is 8.17. The Morgan fingerprint density at radius 3 is 2.76 bits per heavy atom. The van der Waals surface area contributed by atoms with Crippen LogP contribution in [0.5, 0.6) is 0 Å². The van der Waals surface area contributed by atoms with Crippen molar-refractivity contribution >= 4 is 5.91 Å². The molecule has 0 bridgehead atoms. The van der Waals surface area contributed by atoms with E-state index in [4.69, 9.17) is 15.7 Å². The summed E-state index contributed by atoms with van der Waals surface area (Å²) in [5.74, 6) is 4.88. The molecule has 100 valence electrons. The predicted octanol–water partition coefficient (Wildman–Crippen LogP) is -0.914. The monoisotopic (exact) mass is 245 g/mol. The molecule has 1 rings (SSSR count). The van der Waals surface area contributed by atoms with E-state index in [1.165, 1.54) is 0 Å². The van der Waals surface area contributed by atoms with Crippen LogP contribution in [0.15, 0.2) is 0 Å². The maximum atomic E-state index is 11.3. The molecule has 17 heavy (non-hydrogen) atoms. The van der Waals surface area contributed by atoms with Gasteiger partial charge in [-0.25, -0.2) is 5.84 Å². The highest BCUT2D eigenvalue weighted by Gasteiger charge is 2.22. The van der Waals surface area contributed by atoms with Crippen molar-refractivity contribution in [1.29, 1.82) is 0 Å². The summed E-state index contributed by atoms with van der Waals surface area (Å²) >= 11 is 0. The lowest BCUT2D eigenvalue weighted by atomic mass is 10.1. The number of amides is 1. The van der Waals surface area contributed by atoms with E-state index >= 15 is 0 Å². The van der Waals surface area contributed by atoms with Crippen LogP contribution in [0.1, 0.15) is 19.8 Å². The summed E-state index contributed by atoms with van der Waals surface area (Å²) in [6.07, 6.45) is 2.16. The van der Waals surface area contributed by atoms with Crippen LogP contribution in [0.25, 0.3) is 0 Å². The number of hydrogen-bond donors (Lipinski definition) is 3. The molecule has 1 heterocycles. The van der Waals surface area contributed by atoms with Gasteiger partial charge in [0.1, 0.15) is 0 Å². The second-order valence-electron chi connectivity index (χ2n) is 4.50. The van der Waals surface area contributed by atoms with Gasteiger partial charge >= 0.3 is 0 Å². The van der Waals surface area contributed by atoms with Crippen LogP contribution in [0.2, 0.25) is 0 Å². The third-order valence-electron chi connectivity index (χ3n) is 3.10. The van der Waals surface area contributed by atoms with Crippen molar-refractivity contribution in [3.05, 3.63) is 0 Å². The first-order valence-electron chi connectivity index (χ1n) is 6.12. The number of hydrazine groups is 1. The number of piperidine rings is 1. The number of carbonyl (C=O) groups is 1. The Kier molecular flexibility index (Phi) is 6.43. The Bertz CT molecular complexity index is 230. The van der Waals surface area contributed by atoms with E-state index < -0.39 is 0 Å². The van der Waals surface area contributed by atoms with Gasteiger partial charge in [0.05, 0.1) is 19.3 Å². The third kappa shape index (κ3) is 4.99. The number of nitrogens with two attached hydrogens (primary N) is 1. The van der Waals surface area contributed by atoms with Crippen molar-refractivity contribution in [2.75, 3.05) is 32.8 Å². The number of aliphatic hydroxyl groups excluding tert-OH is 1. The van der Waals surface area contributed by atoms with Gasteiger partial charge in [0.15, 0.2) is 0 Å². The van der Waals surface area contributed by atoms with Crippen LogP contribution < -0.4 is 11.3 Å². The van der Waals surface area contributed by atoms with Crippen LogP contribution in [-0.2, 0) is 9.53 Å². The smallest absolute Gasteiger partial charge is 0.237 e. The lowest BCUT2D eigenvalue weighted by Gasteiger charge is -2.32. The van der Waals surface area contributed by atoms with Gasteiger partial charge in [0, 0.05) is 25.6 Å². The van der Waals surface area contributed by atoms with Crippen LogP contribution in [0.3, 0.4) is 0 Å². The van der Waals surface area contributed by atoms with Gasteiger partial charge in [-0.2, -0.15) is 0 Å². The average Bonchev–Trinajstić information content (AvgIpc) is 2.37. The average molecular weight is 245 g/mol. The molecule has 0 aromatic carbocycles. The van der Waals surface area contributed by atoms with E-state index in [1.807, 2.05) is 6.92 Å². The molecule has 1 saturated heterocycles. The molecular weight excluding hydrogens is 222 g/mol. The van der Waals surface area contributed by atoms with Gasteiger partial charge in [-0.05, 0) is 12.8 Å². The first-order valence-corrected chi connectivity index (χ1v) is 6.12. The van der Waals surface area contributed by atoms with Gasteiger partial charge in [-0.1, -0.05) is 6.92 Å². The highest BCUT2D eigenvalue weighted by atomic mass is 16.5. The van der Waals surface area contributed by atoms with Gasteiger partial charge in [0.25, 0.3) is 0 Å². The molecular formula is C11H23N3O3. The van der Waals surface area contributed by atoms with E-state index in [0.717, 1.165) is 32.5 Å².